The summed E-state index contributed by atoms with van der Waals surface area (Å²) in [7, 11) is 1.46. The molecule has 14 heavy (non-hydrogen) atoms. The van der Waals surface area contributed by atoms with Crippen LogP contribution in [-0.2, 0) is 0 Å². The number of carbonyl (C=O) groups excluding carboxylic acids is 1. The first-order valence-corrected chi connectivity index (χ1v) is 4.45. The van der Waals surface area contributed by atoms with Gasteiger partial charge in [-0.1, -0.05) is 0 Å². The third-order valence-electron chi connectivity index (χ3n) is 1.84. The highest BCUT2D eigenvalue weighted by molar-refractivity contribution is 6.30. The predicted octanol–water partition coefficient (Wildman–Crippen LogP) is 1.28. The van der Waals surface area contributed by atoms with Crippen LogP contribution in [0.4, 0.5) is 11.4 Å². The number of alkyl halides is 1. The van der Waals surface area contributed by atoms with E-state index in [-0.39, 0.29) is 11.7 Å². The molecule has 0 radical (unpaired) electrons. The van der Waals surface area contributed by atoms with Crippen LogP contribution in [0.3, 0.4) is 0 Å². The SMILES string of the molecule is COc1cc(C(=O)CCl)cc(N)c1N. The smallest absolute Gasteiger partial charge is 0.177 e. The van der Waals surface area contributed by atoms with E-state index >= 15 is 0 Å². The third kappa shape index (κ3) is 1.90. The molecule has 0 aromatic heterocycles. The van der Waals surface area contributed by atoms with Crippen molar-refractivity contribution in [2.24, 2.45) is 0 Å². The fourth-order valence-electron chi connectivity index (χ4n) is 1.06. The lowest BCUT2D eigenvalue weighted by Gasteiger charge is -2.08. The molecule has 0 atom stereocenters. The van der Waals surface area contributed by atoms with Gasteiger partial charge in [-0.2, -0.15) is 0 Å². The number of nitrogens with two attached hydrogens (primary N) is 2. The molecule has 5 heteroatoms. The first-order valence-electron chi connectivity index (χ1n) is 3.92. The normalized spacial score (nSPS) is 9.86. The van der Waals surface area contributed by atoms with Crippen LogP contribution in [0.5, 0.6) is 5.75 Å². The van der Waals surface area contributed by atoms with Gasteiger partial charge in [-0.15, -0.1) is 11.6 Å². The van der Waals surface area contributed by atoms with E-state index in [1.54, 1.807) is 0 Å². The summed E-state index contributed by atoms with van der Waals surface area (Å²) in [5, 5.41) is 0. The number of ketones is 1. The molecule has 0 heterocycles. The summed E-state index contributed by atoms with van der Waals surface area (Å²) < 4.78 is 4.96. The maximum absolute atomic E-state index is 11.3. The van der Waals surface area contributed by atoms with Gasteiger partial charge < -0.3 is 16.2 Å². The number of carbonyl (C=O) groups is 1. The monoisotopic (exact) mass is 214 g/mol. The van der Waals surface area contributed by atoms with Gasteiger partial charge in [0.25, 0.3) is 0 Å². The highest BCUT2D eigenvalue weighted by Gasteiger charge is 2.10. The highest BCUT2D eigenvalue weighted by Crippen LogP contribution is 2.29. The molecule has 0 aliphatic heterocycles. The second-order valence-corrected chi connectivity index (χ2v) is 3.01. The number of halogens is 1. The van der Waals surface area contributed by atoms with Gasteiger partial charge in [-0.05, 0) is 12.1 Å². The van der Waals surface area contributed by atoms with Crippen LogP contribution in [0.25, 0.3) is 0 Å². The molecule has 0 saturated heterocycles. The average molecular weight is 215 g/mol. The fourth-order valence-corrected chi connectivity index (χ4v) is 1.21. The lowest BCUT2D eigenvalue weighted by Crippen LogP contribution is -2.05. The Morgan fingerprint density at radius 3 is 2.64 bits per heavy atom. The first kappa shape index (κ1) is 10.7. The lowest BCUT2D eigenvalue weighted by atomic mass is 10.1. The van der Waals surface area contributed by atoms with Crippen molar-refractivity contribution in [1.29, 1.82) is 0 Å². The Bertz CT molecular complexity index is 366. The first-order chi connectivity index (χ1) is 6.60. The number of rotatable bonds is 3. The number of anilines is 2. The summed E-state index contributed by atoms with van der Waals surface area (Å²) in [4.78, 5) is 11.3. The van der Waals surface area contributed by atoms with Gasteiger partial charge in [-0.25, -0.2) is 0 Å². The van der Waals surface area contributed by atoms with E-state index < -0.39 is 0 Å². The van der Waals surface area contributed by atoms with Crippen LogP contribution in [-0.4, -0.2) is 18.8 Å². The zero-order valence-corrected chi connectivity index (χ0v) is 8.47. The number of methoxy groups -OCH3 is 1. The standard InChI is InChI=1S/C9H11ClN2O2/c1-14-8-3-5(7(13)4-10)2-6(11)9(8)12/h2-3H,4,11-12H2,1H3. The van der Waals surface area contributed by atoms with Crippen molar-refractivity contribution < 1.29 is 9.53 Å². The lowest BCUT2D eigenvalue weighted by molar-refractivity contribution is 0.102. The van der Waals surface area contributed by atoms with Crippen LogP contribution >= 0.6 is 11.6 Å². The van der Waals surface area contributed by atoms with Crippen LogP contribution in [0.1, 0.15) is 10.4 Å². The van der Waals surface area contributed by atoms with Gasteiger partial charge >= 0.3 is 0 Å². The molecule has 0 fully saturated rings. The number of nitrogen functional groups attached to an aromatic ring is 2. The molecule has 4 nitrogen and oxygen atoms in total. The minimum atomic E-state index is -0.211. The number of benzene rings is 1. The Morgan fingerprint density at radius 2 is 2.14 bits per heavy atom. The molecule has 0 spiro atoms. The maximum Gasteiger partial charge on any atom is 0.177 e. The predicted molar refractivity (Wildman–Crippen MR) is 56.9 cm³/mol. The second kappa shape index (κ2) is 4.19. The second-order valence-electron chi connectivity index (χ2n) is 2.74. The van der Waals surface area contributed by atoms with E-state index in [4.69, 9.17) is 27.8 Å². The number of hydrogen-bond donors (Lipinski definition) is 2. The van der Waals surface area contributed by atoms with Gasteiger partial charge in [0.1, 0.15) is 5.75 Å². The van der Waals surface area contributed by atoms with Gasteiger partial charge in [0, 0.05) is 5.56 Å². The summed E-state index contributed by atoms with van der Waals surface area (Å²) in [6.45, 7) is 0. The van der Waals surface area contributed by atoms with E-state index in [2.05, 4.69) is 0 Å². The van der Waals surface area contributed by atoms with Gasteiger partial charge in [0.2, 0.25) is 0 Å². The molecule has 76 valence electrons. The molecule has 1 aromatic carbocycles. The number of hydrogen-bond acceptors (Lipinski definition) is 4. The Morgan fingerprint density at radius 1 is 1.50 bits per heavy atom. The van der Waals surface area contributed by atoms with Gasteiger partial charge in [-0.3, -0.25) is 4.79 Å². The molecule has 0 bridgehead atoms. The van der Waals surface area contributed by atoms with Crippen molar-refractivity contribution in [2.45, 2.75) is 0 Å². The van der Waals surface area contributed by atoms with E-state index in [0.29, 0.717) is 22.7 Å². The van der Waals surface area contributed by atoms with Crippen molar-refractivity contribution in [3.05, 3.63) is 17.7 Å². The summed E-state index contributed by atoms with van der Waals surface area (Å²) in [6.07, 6.45) is 0. The average Bonchev–Trinajstić information content (AvgIpc) is 2.20. The topological polar surface area (TPSA) is 78.3 Å². The summed E-state index contributed by atoms with van der Waals surface area (Å²) in [6, 6.07) is 3.01. The molecule has 1 rings (SSSR count). The largest absolute Gasteiger partial charge is 0.494 e. The summed E-state index contributed by atoms with van der Waals surface area (Å²) in [5.41, 5.74) is 12.3. The maximum atomic E-state index is 11.3. The van der Waals surface area contributed by atoms with Crippen molar-refractivity contribution in [3.8, 4) is 5.75 Å². The molecule has 0 saturated carbocycles. The van der Waals surface area contributed by atoms with Crippen molar-refractivity contribution in [1.82, 2.24) is 0 Å². The van der Waals surface area contributed by atoms with Crippen molar-refractivity contribution >= 4 is 28.8 Å². The molecule has 0 aliphatic carbocycles. The van der Waals surface area contributed by atoms with E-state index in [1.165, 1.54) is 19.2 Å². The van der Waals surface area contributed by atoms with Crippen molar-refractivity contribution in [2.75, 3.05) is 24.5 Å². The van der Waals surface area contributed by atoms with E-state index in [0.717, 1.165) is 0 Å². The molecule has 1 aromatic rings. The minimum Gasteiger partial charge on any atom is -0.494 e. The Balaban J connectivity index is 3.22. The van der Waals surface area contributed by atoms with Crippen LogP contribution in [0, 0.1) is 0 Å². The number of Topliss-reactive ketones (excluding diaryl/α,β-unsaturated/α-hetero) is 1. The van der Waals surface area contributed by atoms with Crippen molar-refractivity contribution in [3.63, 3.8) is 0 Å². The van der Waals surface area contributed by atoms with E-state index in [1.807, 2.05) is 0 Å². The third-order valence-corrected chi connectivity index (χ3v) is 2.08. The Labute approximate surface area is 86.8 Å². The Hall–Kier alpha value is -1.42. The fraction of sp³-hybridized carbons (Fsp3) is 0.222. The molecule has 4 N–H and O–H groups in total. The Kier molecular flexibility index (Phi) is 3.19. The van der Waals surface area contributed by atoms with Crippen LogP contribution < -0.4 is 16.2 Å². The molecule has 0 aliphatic rings. The van der Waals surface area contributed by atoms with Crippen LogP contribution in [0.15, 0.2) is 12.1 Å². The zero-order valence-electron chi connectivity index (χ0n) is 7.71. The molecular weight excluding hydrogens is 204 g/mol. The quantitative estimate of drug-likeness (QED) is 0.451. The molecular formula is C9H11ClN2O2. The minimum absolute atomic E-state index is 0.0908. The molecule has 0 amide bonds. The number of ether oxygens (including phenoxy) is 1. The summed E-state index contributed by atoms with van der Waals surface area (Å²) in [5.74, 6) is 0.0853. The summed E-state index contributed by atoms with van der Waals surface area (Å²) >= 11 is 5.41. The van der Waals surface area contributed by atoms with E-state index in [9.17, 15) is 4.79 Å². The van der Waals surface area contributed by atoms with Gasteiger partial charge in [0.05, 0.1) is 24.4 Å². The van der Waals surface area contributed by atoms with Gasteiger partial charge in [0.15, 0.2) is 5.78 Å². The highest BCUT2D eigenvalue weighted by atomic mass is 35.5. The van der Waals surface area contributed by atoms with Crippen LogP contribution in [0.2, 0.25) is 0 Å². The zero-order chi connectivity index (χ0) is 10.7. The molecule has 0 unspecified atom stereocenters.